The number of halogens is 1. The minimum Gasteiger partial charge on any atom is -0.282 e. The fourth-order valence-corrected chi connectivity index (χ4v) is 4.02. The summed E-state index contributed by atoms with van der Waals surface area (Å²) in [6, 6.07) is 23.5. The largest absolute Gasteiger partial charge is 0.282 e. The minimum absolute atomic E-state index is 0.0199. The predicted octanol–water partition coefficient (Wildman–Crippen LogP) is 5.11. The maximum absolute atomic E-state index is 13.2. The molecule has 0 spiro atoms. The lowest BCUT2D eigenvalue weighted by Gasteiger charge is -2.07. The summed E-state index contributed by atoms with van der Waals surface area (Å²) in [5, 5.41) is 1.75. The van der Waals surface area contributed by atoms with E-state index < -0.39 is 0 Å². The number of aromatic amines is 1. The first-order chi connectivity index (χ1) is 12.7. The molecule has 1 aliphatic rings. The highest BCUT2D eigenvalue weighted by Crippen LogP contribution is 2.42. The smallest absolute Gasteiger partial charge is 0.257 e. The van der Waals surface area contributed by atoms with Gasteiger partial charge >= 0.3 is 0 Å². The fraction of sp³-hybridized carbons (Fsp3) is 0.0435. The first kappa shape index (κ1) is 15.3. The Balaban J connectivity index is 1.84. The van der Waals surface area contributed by atoms with Gasteiger partial charge < -0.3 is 0 Å². The lowest BCUT2D eigenvalue weighted by molar-refractivity contribution is -0.349. The fourth-order valence-electron chi connectivity index (χ4n) is 3.85. The Hall–Kier alpha value is -2.97. The van der Waals surface area contributed by atoms with Crippen LogP contribution in [0, 0.1) is 0 Å². The van der Waals surface area contributed by atoms with Gasteiger partial charge in [0.05, 0.1) is 5.39 Å². The van der Waals surface area contributed by atoms with Gasteiger partial charge in [-0.1, -0.05) is 66.2 Å². The topological polar surface area (TPSA) is 31.2 Å². The van der Waals surface area contributed by atoms with E-state index in [0.717, 1.165) is 28.5 Å². The summed E-state index contributed by atoms with van der Waals surface area (Å²) >= 11 is 6.26. The van der Waals surface area contributed by atoms with E-state index in [4.69, 9.17) is 11.6 Å². The molecule has 0 fully saturated rings. The van der Waals surface area contributed by atoms with Crippen LogP contribution in [0.2, 0.25) is 5.02 Å². The summed E-state index contributed by atoms with van der Waals surface area (Å²) < 4.78 is 0. The van der Waals surface area contributed by atoms with Gasteiger partial charge in [0.15, 0.2) is 0 Å². The first-order valence-corrected chi connectivity index (χ1v) is 8.95. The third-order valence-electron chi connectivity index (χ3n) is 5.03. The molecule has 26 heavy (non-hydrogen) atoms. The zero-order valence-corrected chi connectivity index (χ0v) is 14.7. The minimum atomic E-state index is 0.0199. The molecule has 1 aliphatic carbocycles. The van der Waals surface area contributed by atoms with Crippen LogP contribution in [0.3, 0.4) is 0 Å². The van der Waals surface area contributed by atoms with Crippen molar-refractivity contribution in [1.29, 1.82) is 0 Å². The summed E-state index contributed by atoms with van der Waals surface area (Å²) in [7, 11) is 0. The molecule has 2 nitrogen and oxygen atoms in total. The van der Waals surface area contributed by atoms with Crippen LogP contribution in [0.25, 0.3) is 22.0 Å². The number of nitrogens with one attached hydrogen (secondary N) is 1. The lowest BCUT2D eigenvalue weighted by atomic mass is 9.96. The second-order valence-electron chi connectivity index (χ2n) is 6.57. The van der Waals surface area contributed by atoms with E-state index in [2.05, 4.69) is 17.1 Å². The molecule has 0 bridgehead atoms. The molecular weight excluding hydrogens is 342 g/mol. The van der Waals surface area contributed by atoms with E-state index in [1.54, 1.807) is 0 Å². The summed E-state index contributed by atoms with van der Waals surface area (Å²) in [6.45, 7) is 0. The van der Waals surface area contributed by atoms with E-state index >= 15 is 0 Å². The molecule has 0 radical (unpaired) electrons. The molecule has 3 heteroatoms. The highest BCUT2D eigenvalue weighted by Gasteiger charge is 2.32. The summed E-state index contributed by atoms with van der Waals surface area (Å²) in [5.41, 5.74) is 6.87. The van der Waals surface area contributed by atoms with Crippen LogP contribution in [0.5, 0.6) is 0 Å². The first-order valence-electron chi connectivity index (χ1n) is 8.58. The van der Waals surface area contributed by atoms with Gasteiger partial charge in [-0.05, 0) is 23.3 Å². The number of hydrogen-bond donors (Lipinski definition) is 0. The Bertz CT molecular complexity index is 1180. The van der Waals surface area contributed by atoms with E-state index in [1.165, 1.54) is 11.1 Å². The Morgan fingerprint density at radius 2 is 1.69 bits per heavy atom. The van der Waals surface area contributed by atoms with Crippen molar-refractivity contribution >= 4 is 28.3 Å². The highest BCUT2D eigenvalue weighted by atomic mass is 35.5. The van der Waals surface area contributed by atoms with Crippen LogP contribution in [0.4, 0.5) is 0 Å². The number of carbonyl (C=O) groups is 1. The molecule has 124 valence electrons. The van der Waals surface area contributed by atoms with Gasteiger partial charge in [0, 0.05) is 34.2 Å². The third-order valence-corrected chi connectivity index (χ3v) is 5.27. The second-order valence-corrected chi connectivity index (χ2v) is 7.01. The van der Waals surface area contributed by atoms with Crippen molar-refractivity contribution in [3.05, 3.63) is 100 Å². The number of rotatable bonds is 2. The Morgan fingerprint density at radius 1 is 0.923 bits per heavy atom. The summed E-state index contributed by atoms with van der Waals surface area (Å²) in [5.74, 6) is 0.0199. The van der Waals surface area contributed by atoms with E-state index in [1.807, 2.05) is 60.7 Å². The average Bonchev–Trinajstić information content (AvgIpc) is 3.07. The van der Waals surface area contributed by atoms with Gasteiger partial charge in [-0.15, -0.1) is 0 Å². The maximum Gasteiger partial charge on any atom is 0.257 e. The van der Waals surface area contributed by atoms with Crippen LogP contribution in [0.15, 0.2) is 72.8 Å². The normalized spacial score (nSPS) is 12.0. The monoisotopic (exact) mass is 356 g/mol. The Morgan fingerprint density at radius 3 is 2.54 bits per heavy atom. The molecule has 1 heterocycles. The number of H-pyrrole nitrogens is 1. The quantitative estimate of drug-likeness (QED) is 0.404. The van der Waals surface area contributed by atoms with Crippen molar-refractivity contribution in [3.8, 4) is 11.1 Å². The number of aromatic nitrogens is 1. The maximum atomic E-state index is 13.2. The van der Waals surface area contributed by atoms with Gasteiger partial charge in [0.25, 0.3) is 11.5 Å². The number of fused-ring (bicyclic) bond motifs is 5. The molecule has 0 unspecified atom stereocenters. The van der Waals surface area contributed by atoms with Crippen molar-refractivity contribution in [1.82, 2.24) is 0 Å². The SMILES string of the molecule is O=C(c1ccccc1)c1[nH+]c2ccc(Cl)cc2c2c1Cc1ccccc1-2. The number of hydrogen-bond acceptors (Lipinski definition) is 1. The zero-order chi connectivity index (χ0) is 17.7. The van der Waals surface area contributed by atoms with Crippen LogP contribution < -0.4 is 4.98 Å². The van der Waals surface area contributed by atoms with E-state index in [-0.39, 0.29) is 5.78 Å². The third kappa shape index (κ3) is 2.27. The van der Waals surface area contributed by atoms with Crippen molar-refractivity contribution in [2.75, 3.05) is 0 Å². The van der Waals surface area contributed by atoms with Gasteiger partial charge in [-0.2, -0.15) is 0 Å². The van der Waals surface area contributed by atoms with Crippen LogP contribution >= 0.6 is 11.6 Å². The zero-order valence-electron chi connectivity index (χ0n) is 13.9. The predicted molar refractivity (Wildman–Crippen MR) is 104 cm³/mol. The molecule has 5 rings (SSSR count). The molecule has 0 amide bonds. The summed E-state index contributed by atoms with van der Waals surface area (Å²) in [4.78, 5) is 16.6. The van der Waals surface area contributed by atoms with Gasteiger partial charge in [0.2, 0.25) is 5.52 Å². The van der Waals surface area contributed by atoms with Crippen molar-refractivity contribution in [2.45, 2.75) is 6.42 Å². The molecule has 3 aromatic carbocycles. The molecule has 1 aromatic heterocycles. The van der Waals surface area contributed by atoms with Crippen molar-refractivity contribution in [2.24, 2.45) is 0 Å². The van der Waals surface area contributed by atoms with Gasteiger partial charge in [-0.3, -0.25) is 4.79 Å². The lowest BCUT2D eigenvalue weighted by Crippen LogP contribution is -2.21. The molecule has 0 aliphatic heterocycles. The Labute approximate surface area is 156 Å². The number of ketones is 1. The molecule has 0 saturated heterocycles. The highest BCUT2D eigenvalue weighted by molar-refractivity contribution is 6.31. The van der Waals surface area contributed by atoms with Gasteiger partial charge in [-0.25, -0.2) is 4.98 Å². The van der Waals surface area contributed by atoms with Crippen molar-refractivity contribution in [3.63, 3.8) is 0 Å². The van der Waals surface area contributed by atoms with Gasteiger partial charge in [0.1, 0.15) is 0 Å². The molecule has 4 aromatic rings. The van der Waals surface area contributed by atoms with E-state index in [9.17, 15) is 4.79 Å². The molecule has 0 saturated carbocycles. The standard InChI is InChI=1S/C23H14ClNO/c24-16-10-11-20-18(13-16)21-17-9-5-4-8-15(17)12-19(21)22(25-20)23(26)14-6-2-1-3-7-14/h1-11,13H,12H2/p+1. The molecular formula is C23H15ClNO+. The molecule has 1 N–H and O–H groups in total. The van der Waals surface area contributed by atoms with Crippen molar-refractivity contribution < 1.29 is 9.78 Å². The number of pyridine rings is 1. The average molecular weight is 357 g/mol. The summed E-state index contributed by atoms with van der Waals surface area (Å²) in [6.07, 6.45) is 0.748. The van der Waals surface area contributed by atoms with Crippen LogP contribution in [0.1, 0.15) is 27.2 Å². The number of carbonyl (C=O) groups excluding carboxylic acids is 1. The number of benzene rings is 3. The van der Waals surface area contributed by atoms with E-state index in [0.29, 0.717) is 16.3 Å². The van der Waals surface area contributed by atoms with Crippen LogP contribution in [-0.4, -0.2) is 5.78 Å². The Kier molecular flexibility index (Phi) is 3.41. The molecule has 0 atom stereocenters. The van der Waals surface area contributed by atoms with Crippen LogP contribution in [-0.2, 0) is 6.42 Å². The second kappa shape index (κ2) is 5.79.